The number of nitrogens with one attached hydrogen (secondary N) is 2. The topological polar surface area (TPSA) is 202 Å². The summed E-state index contributed by atoms with van der Waals surface area (Å²) in [4.78, 5) is 86.4. The number of nitrogens with zero attached hydrogens (tertiary/aromatic N) is 8. The van der Waals surface area contributed by atoms with Crippen molar-refractivity contribution in [3.8, 4) is 17.0 Å². The number of imide groups is 2. The number of piperidine rings is 2. The Labute approximate surface area is 395 Å². The summed E-state index contributed by atoms with van der Waals surface area (Å²) in [5.41, 5.74) is -2.35. The van der Waals surface area contributed by atoms with E-state index in [1.807, 2.05) is 10.2 Å². The molecule has 5 aliphatic heterocycles. The number of rotatable bonds is 10. The molecule has 2 unspecified atom stereocenters. The van der Waals surface area contributed by atoms with Crippen LogP contribution in [-0.2, 0) is 20.9 Å². The number of benzene rings is 3. The molecule has 3 fully saturated rings. The number of piperazine rings is 1. The second kappa shape index (κ2) is 17.5. The molecule has 17 nitrogen and oxygen atoms in total. The first-order valence-electron chi connectivity index (χ1n) is 24.9. The molecule has 67 heavy (non-hydrogen) atoms. The molecule has 2 aromatic heterocycles. The van der Waals surface area contributed by atoms with Crippen LogP contribution in [0.1, 0.15) is 84.9 Å². The van der Waals surface area contributed by atoms with E-state index in [1.54, 1.807) is 35.7 Å². The Morgan fingerprint density at radius 1 is 0.896 bits per heavy atom. The Kier molecular flexibility index (Phi) is 9.15. The van der Waals surface area contributed by atoms with Gasteiger partial charge in [-0.15, -0.1) is 21.5 Å². The SMILES string of the molecule is [2H]C1([2H])N(CC2CCN(c3ccc(-c4ccc5c(c4)C(=O)N(C(C(=O)Nc4nccs4)c4cc(F)ccc4O)C5)nn3)CC2)C([2H])([2H])C([2H])([2H])N(c2cc(F)c3c(c2F)C(=O)N(C2CCC(=O)NC2=O)C3=O)C1([2H])[2H]. The van der Waals surface area contributed by atoms with Gasteiger partial charge in [-0.1, -0.05) is 12.1 Å². The van der Waals surface area contributed by atoms with Gasteiger partial charge in [-0.2, -0.15) is 0 Å². The maximum Gasteiger partial charge on any atom is 0.265 e. The lowest BCUT2D eigenvalue weighted by Gasteiger charge is -2.40. The molecule has 0 bridgehead atoms. The van der Waals surface area contributed by atoms with Crippen molar-refractivity contribution in [1.29, 1.82) is 0 Å². The van der Waals surface area contributed by atoms with Gasteiger partial charge in [0.2, 0.25) is 11.8 Å². The fourth-order valence-electron chi connectivity index (χ4n) is 8.81. The van der Waals surface area contributed by atoms with Crippen LogP contribution in [0.4, 0.5) is 29.8 Å². The minimum atomic E-state index is -3.70. The second-order valence-corrected chi connectivity index (χ2v) is 17.1. The molecule has 5 aliphatic rings. The molecule has 344 valence electrons. The van der Waals surface area contributed by atoms with Crippen LogP contribution in [0.3, 0.4) is 0 Å². The molecule has 0 aliphatic carbocycles. The van der Waals surface area contributed by atoms with Crippen LogP contribution < -0.4 is 20.4 Å². The van der Waals surface area contributed by atoms with Crippen LogP contribution in [-0.4, -0.2) is 122 Å². The van der Waals surface area contributed by atoms with Gasteiger partial charge in [0, 0.05) is 98.4 Å². The molecule has 0 radical (unpaired) electrons. The van der Waals surface area contributed by atoms with Crippen LogP contribution >= 0.6 is 11.3 Å². The van der Waals surface area contributed by atoms with Crippen molar-refractivity contribution in [3.05, 3.63) is 111 Å². The minimum absolute atomic E-state index is 0.0495. The van der Waals surface area contributed by atoms with Crippen molar-refractivity contribution >= 4 is 63.4 Å². The minimum Gasteiger partial charge on any atom is -0.508 e. The van der Waals surface area contributed by atoms with E-state index in [1.165, 1.54) is 11.1 Å². The number of phenols is 1. The zero-order chi connectivity index (χ0) is 53.8. The fraction of sp³-hybridized carbons (Fsp3) is 0.326. The molecule has 0 saturated carbocycles. The van der Waals surface area contributed by atoms with Crippen molar-refractivity contribution in [2.75, 3.05) is 60.7 Å². The van der Waals surface area contributed by atoms with Crippen LogP contribution in [0, 0.1) is 23.4 Å². The van der Waals surface area contributed by atoms with Crippen LogP contribution in [0.25, 0.3) is 11.3 Å². The molecular formula is C46H41F3N10O7S. The van der Waals surface area contributed by atoms with Crippen molar-refractivity contribution in [1.82, 2.24) is 35.2 Å². The van der Waals surface area contributed by atoms with E-state index in [0.717, 1.165) is 29.5 Å². The summed E-state index contributed by atoms with van der Waals surface area (Å²) >= 11 is 1.13. The molecule has 0 spiro atoms. The maximum absolute atomic E-state index is 16.6. The lowest BCUT2D eigenvalue weighted by atomic mass is 9.96. The number of halogens is 3. The summed E-state index contributed by atoms with van der Waals surface area (Å²) in [6, 6.07) is 8.49. The monoisotopic (exact) mass is 942 g/mol. The van der Waals surface area contributed by atoms with Gasteiger partial charge in [-0.25, -0.2) is 18.2 Å². The molecule has 7 heterocycles. The molecule has 6 amide bonds. The first kappa shape index (κ1) is 35.0. The number of carbonyl (C=O) groups excluding carboxylic acids is 6. The van der Waals surface area contributed by atoms with Crippen molar-refractivity contribution in [2.24, 2.45) is 5.92 Å². The average molecular weight is 943 g/mol. The van der Waals surface area contributed by atoms with Gasteiger partial charge in [-0.3, -0.25) is 49.2 Å². The van der Waals surface area contributed by atoms with E-state index in [0.29, 0.717) is 27.5 Å². The third kappa shape index (κ3) is 8.11. The Morgan fingerprint density at radius 3 is 2.39 bits per heavy atom. The molecule has 2 atom stereocenters. The lowest BCUT2D eigenvalue weighted by molar-refractivity contribution is -0.136. The van der Waals surface area contributed by atoms with Crippen molar-refractivity contribution in [3.63, 3.8) is 0 Å². The first-order valence-corrected chi connectivity index (χ1v) is 21.8. The van der Waals surface area contributed by atoms with Gasteiger partial charge in [-0.05, 0) is 67.1 Å². The van der Waals surface area contributed by atoms with E-state index in [2.05, 4.69) is 20.5 Å². The van der Waals surface area contributed by atoms with Crippen LogP contribution in [0.5, 0.6) is 5.75 Å². The summed E-state index contributed by atoms with van der Waals surface area (Å²) in [6.45, 7) is -14.4. The fourth-order valence-corrected chi connectivity index (χ4v) is 9.35. The quantitative estimate of drug-likeness (QED) is 0.166. The molecule has 21 heteroatoms. The van der Waals surface area contributed by atoms with Gasteiger partial charge in [0.1, 0.15) is 29.5 Å². The van der Waals surface area contributed by atoms with Gasteiger partial charge >= 0.3 is 0 Å². The van der Waals surface area contributed by atoms with E-state index in [-0.39, 0.29) is 77.4 Å². The Bertz CT molecular complexity index is 3220. The summed E-state index contributed by atoms with van der Waals surface area (Å²) in [5.74, 6) is -10.9. The van der Waals surface area contributed by atoms with E-state index >= 15 is 8.78 Å². The molecule has 3 saturated heterocycles. The van der Waals surface area contributed by atoms with Crippen LogP contribution in [0.15, 0.2) is 66.2 Å². The predicted molar refractivity (Wildman–Crippen MR) is 236 cm³/mol. The zero-order valence-corrected chi connectivity index (χ0v) is 35.6. The molecule has 3 N–H and O–H groups in total. The molecule has 3 aromatic carbocycles. The number of anilines is 3. The highest BCUT2D eigenvalue weighted by molar-refractivity contribution is 7.13. The first-order chi connectivity index (χ1) is 35.3. The number of carbonyl (C=O) groups is 6. The number of hydrogen-bond donors (Lipinski definition) is 3. The highest BCUT2D eigenvalue weighted by atomic mass is 32.1. The predicted octanol–water partition coefficient (Wildman–Crippen LogP) is 4.50. The Balaban J connectivity index is 0.825. The van der Waals surface area contributed by atoms with Crippen molar-refractivity contribution < 1.29 is 58.0 Å². The number of hydrogen-bond acceptors (Lipinski definition) is 14. The number of thiazole rings is 1. The number of aromatic nitrogens is 3. The number of aromatic hydroxyl groups is 1. The normalized spacial score (nSPS) is 24.3. The molecule has 5 aromatic rings. The summed E-state index contributed by atoms with van der Waals surface area (Å²) in [6.07, 6.45) is 1.26. The van der Waals surface area contributed by atoms with Gasteiger partial charge < -0.3 is 19.8 Å². The second-order valence-electron chi connectivity index (χ2n) is 16.2. The average Bonchev–Trinajstić information content (AvgIpc) is 4.06. The molecular weight excluding hydrogens is 894 g/mol. The standard InChI is InChI=1S/C46H41F3N10O7S/c47-27-3-6-34(60)29(20-27)40(42(63)52-46-50-11-18-67-46)58-23-26-2-1-25(19-28(26)43(58)64)31-4-7-35(54-53-31)57-12-9-24(10-13-57)22-55-14-16-56(17-15-55)33-21-30(48)37-38(39(33)49)45(66)59(44(37)65)32-5-8-36(61)51-41(32)62/h1-4,6-7,11,18-21,24,32,40,60H,5,8-10,12-17,22-23H2,(H,50,52,63)(H,51,61,62)/i14D2,15D2,16D2,17D2. The van der Waals surface area contributed by atoms with Gasteiger partial charge in [0.05, 0.1) is 28.0 Å². The number of phenolic OH excluding ortho intramolecular Hbond substituents is 1. The highest BCUT2D eigenvalue weighted by Gasteiger charge is 2.48. The van der Waals surface area contributed by atoms with Gasteiger partial charge in [0.15, 0.2) is 16.8 Å². The van der Waals surface area contributed by atoms with Crippen LogP contribution in [0.2, 0.25) is 0 Å². The maximum atomic E-state index is 16.6. The van der Waals surface area contributed by atoms with Gasteiger partial charge in [0.25, 0.3) is 23.6 Å². The van der Waals surface area contributed by atoms with Crippen molar-refractivity contribution in [2.45, 2.75) is 44.3 Å². The Morgan fingerprint density at radius 2 is 1.67 bits per heavy atom. The zero-order valence-electron chi connectivity index (χ0n) is 42.8. The van der Waals surface area contributed by atoms with E-state index in [4.69, 9.17) is 11.0 Å². The summed E-state index contributed by atoms with van der Waals surface area (Å²) in [5, 5.41) is 25.9. The number of fused-ring (bicyclic) bond motifs is 2. The highest BCUT2D eigenvalue weighted by Crippen LogP contribution is 2.39. The van der Waals surface area contributed by atoms with E-state index in [9.17, 15) is 38.3 Å². The number of amides is 6. The summed E-state index contributed by atoms with van der Waals surface area (Å²) in [7, 11) is 0. The third-order valence-corrected chi connectivity index (χ3v) is 12.9. The van der Waals surface area contributed by atoms with E-state index < -0.39 is 126 Å². The Hall–Kier alpha value is -7.26. The largest absolute Gasteiger partial charge is 0.508 e. The third-order valence-electron chi connectivity index (χ3n) is 12.2. The smallest absolute Gasteiger partial charge is 0.265 e. The lowest BCUT2D eigenvalue weighted by Crippen LogP contribution is -2.54. The summed E-state index contributed by atoms with van der Waals surface area (Å²) < 4.78 is 119. The molecule has 10 rings (SSSR count).